The molecule has 3 heteroatoms. The van der Waals surface area contributed by atoms with Gasteiger partial charge in [0.2, 0.25) is 0 Å². The van der Waals surface area contributed by atoms with Gasteiger partial charge in [-0.2, -0.15) is 0 Å². The maximum atomic E-state index is 12.6. The molecule has 0 atom stereocenters. The highest BCUT2D eigenvalue weighted by Gasteiger charge is 2.13. The third kappa shape index (κ3) is 3.86. The Kier molecular flexibility index (Phi) is 5.72. The molecule has 0 aromatic heterocycles. The van der Waals surface area contributed by atoms with Crippen molar-refractivity contribution in [3.05, 3.63) is 60.2 Å². The Morgan fingerprint density at radius 1 is 0.840 bits per heavy atom. The van der Waals surface area contributed by atoms with Gasteiger partial charge in [-0.05, 0) is 53.5 Å². The van der Waals surface area contributed by atoms with Crippen molar-refractivity contribution < 1.29 is 4.79 Å². The van der Waals surface area contributed by atoms with Gasteiger partial charge < -0.3 is 4.90 Å². The van der Waals surface area contributed by atoms with Crippen molar-refractivity contribution in [3.8, 4) is 0 Å². The van der Waals surface area contributed by atoms with Crippen LogP contribution in [0, 0.1) is 0 Å². The molecule has 1 heterocycles. The van der Waals surface area contributed by atoms with Crippen molar-refractivity contribution in [3.63, 3.8) is 0 Å². The van der Waals surface area contributed by atoms with Crippen molar-refractivity contribution in [1.82, 2.24) is 4.90 Å². The number of fused-ring (bicyclic) bond motifs is 3. The van der Waals surface area contributed by atoms with E-state index >= 15 is 0 Å². The first-order chi connectivity index (χ1) is 11.8. The molecule has 1 saturated heterocycles. The van der Waals surface area contributed by atoms with Gasteiger partial charge in [0.05, 0.1) is 0 Å². The number of rotatable bonds is 4. The molecule has 1 aliphatic heterocycles. The van der Waals surface area contributed by atoms with E-state index in [2.05, 4.69) is 53.4 Å². The lowest BCUT2D eigenvalue weighted by molar-refractivity contribution is 0.0959. The summed E-state index contributed by atoms with van der Waals surface area (Å²) >= 11 is 0. The largest absolute Gasteiger partial charge is 0.303 e. The summed E-state index contributed by atoms with van der Waals surface area (Å²) in [4.78, 5) is 15.1. The van der Waals surface area contributed by atoms with Crippen molar-refractivity contribution in [2.24, 2.45) is 0 Å². The second kappa shape index (κ2) is 7.99. The minimum absolute atomic E-state index is 0. The van der Waals surface area contributed by atoms with Crippen LogP contribution >= 0.6 is 12.4 Å². The third-order valence-corrected chi connectivity index (χ3v) is 5.17. The summed E-state index contributed by atoms with van der Waals surface area (Å²) in [6.45, 7) is 3.19. The van der Waals surface area contributed by atoms with Gasteiger partial charge in [-0.3, -0.25) is 4.79 Å². The molecule has 2 nitrogen and oxygen atoms in total. The van der Waals surface area contributed by atoms with E-state index in [4.69, 9.17) is 0 Å². The lowest BCUT2D eigenvalue weighted by atomic mass is 9.98. The van der Waals surface area contributed by atoms with Crippen LogP contribution < -0.4 is 0 Å². The van der Waals surface area contributed by atoms with Gasteiger partial charge in [-0.15, -0.1) is 12.4 Å². The number of nitrogens with zero attached hydrogens (tertiary/aromatic N) is 1. The molecule has 0 saturated carbocycles. The summed E-state index contributed by atoms with van der Waals surface area (Å²) in [6, 6.07) is 18.8. The molecular weight excluding hydrogens is 330 g/mol. The Balaban J connectivity index is 0.00000182. The zero-order chi connectivity index (χ0) is 16.4. The second-order valence-corrected chi connectivity index (χ2v) is 6.80. The molecule has 0 amide bonds. The molecule has 0 unspecified atom stereocenters. The van der Waals surface area contributed by atoms with Crippen molar-refractivity contribution in [1.29, 1.82) is 0 Å². The zero-order valence-corrected chi connectivity index (χ0v) is 15.2. The summed E-state index contributed by atoms with van der Waals surface area (Å²) in [7, 11) is 0. The van der Waals surface area contributed by atoms with Gasteiger partial charge in [-0.25, -0.2) is 0 Å². The molecule has 0 radical (unpaired) electrons. The van der Waals surface area contributed by atoms with Crippen LogP contribution in [0.25, 0.3) is 21.5 Å². The average Bonchev–Trinajstić information content (AvgIpc) is 2.66. The minimum Gasteiger partial charge on any atom is -0.303 e. The van der Waals surface area contributed by atoms with Crippen LogP contribution in [0.3, 0.4) is 0 Å². The first-order valence-corrected chi connectivity index (χ1v) is 8.98. The minimum atomic E-state index is 0. The summed E-state index contributed by atoms with van der Waals surface area (Å²) in [6.07, 6.45) is 4.50. The SMILES string of the molecule is Cl.O=C(CCN1CCCCC1)c1ccc2ccc3ccccc3c2c1. The van der Waals surface area contributed by atoms with Gasteiger partial charge in [0.15, 0.2) is 5.78 Å². The van der Waals surface area contributed by atoms with Gasteiger partial charge in [0.25, 0.3) is 0 Å². The first kappa shape index (κ1) is 17.9. The highest BCUT2D eigenvalue weighted by Crippen LogP contribution is 2.26. The van der Waals surface area contributed by atoms with E-state index in [1.807, 2.05) is 6.07 Å². The molecule has 1 fully saturated rings. The molecule has 130 valence electrons. The molecule has 0 N–H and O–H groups in total. The Labute approximate surface area is 155 Å². The molecule has 4 rings (SSSR count). The van der Waals surface area contributed by atoms with E-state index in [0.29, 0.717) is 6.42 Å². The number of carbonyl (C=O) groups is 1. The monoisotopic (exact) mass is 353 g/mol. The number of benzene rings is 3. The molecule has 3 aromatic rings. The lowest BCUT2D eigenvalue weighted by Crippen LogP contribution is -2.31. The standard InChI is InChI=1S/C22H23NO.ClH/c24-22(12-15-23-13-4-1-5-14-23)19-11-10-18-9-8-17-6-2-3-7-20(17)21(18)16-19;/h2-3,6-11,16H,1,4-5,12-15H2;1H. The summed E-state index contributed by atoms with van der Waals surface area (Å²) in [5.41, 5.74) is 0.843. The van der Waals surface area contributed by atoms with E-state index in [-0.39, 0.29) is 18.2 Å². The highest BCUT2D eigenvalue weighted by atomic mass is 35.5. The molecule has 3 aromatic carbocycles. The van der Waals surface area contributed by atoms with Gasteiger partial charge in [0, 0.05) is 18.5 Å². The number of carbonyl (C=O) groups excluding carboxylic acids is 1. The Morgan fingerprint density at radius 2 is 1.52 bits per heavy atom. The van der Waals surface area contributed by atoms with Gasteiger partial charge in [0.1, 0.15) is 0 Å². The molecule has 0 spiro atoms. The Hall–Kier alpha value is -1.90. The van der Waals surface area contributed by atoms with Gasteiger partial charge in [-0.1, -0.05) is 55.0 Å². The fraction of sp³-hybridized carbons (Fsp3) is 0.318. The third-order valence-electron chi connectivity index (χ3n) is 5.17. The van der Waals surface area contributed by atoms with Crippen LogP contribution in [0.1, 0.15) is 36.0 Å². The van der Waals surface area contributed by atoms with Crippen molar-refractivity contribution in [2.75, 3.05) is 19.6 Å². The van der Waals surface area contributed by atoms with E-state index in [1.54, 1.807) is 0 Å². The molecular formula is C22H24ClNO. The molecule has 1 aliphatic rings. The average molecular weight is 354 g/mol. The topological polar surface area (TPSA) is 20.3 Å². The zero-order valence-electron chi connectivity index (χ0n) is 14.4. The summed E-state index contributed by atoms with van der Waals surface area (Å²) < 4.78 is 0. The highest BCUT2D eigenvalue weighted by molar-refractivity contribution is 6.10. The van der Waals surface area contributed by atoms with Crippen LogP contribution in [0.5, 0.6) is 0 Å². The maximum Gasteiger partial charge on any atom is 0.164 e. The second-order valence-electron chi connectivity index (χ2n) is 6.80. The van der Waals surface area contributed by atoms with E-state index in [9.17, 15) is 4.79 Å². The molecule has 0 bridgehead atoms. The Morgan fingerprint density at radius 3 is 2.32 bits per heavy atom. The maximum absolute atomic E-state index is 12.6. The quantitative estimate of drug-likeness (QED) is 0.457. The van der Waals surface area contributed by atoms with Crippen LogP contribution in [0.4, 0.5) is 0 Å². The van der Waals surface area contributed by atoms with E-state index in [0.717, 1.165) is 25.2 Å². The van der Waals surface area contributed by atoms with Crippen LogP contribution in [-0.2, 0) is 0 Å². The van der Waals surface area contributed by atoms with Crippen molar-refractivity contribution in [2.45, 2.75) is 25.7 Å². The smallest absolute Gasteiger partial charge is 0.164 e. The fourth-order valence-electron chi connectivity index (χ4n) is 3.76. The normalized spacial score (nSPS) is 15.2. The van der Waals surface area contributed by atoms with Crippen molar-refractivity contribution >= 4 is 39.7 Å². The van der Waals surface area contributed by atoms with Crippen LogP contribution in [-0.4, -0.2) is 30.3 Å². The van der Waals surface area contributed by atoms with Crippen LogP contribution in [0.2, 0.25) is 0 Å². The Bertz CT molecular complexity index is 883. The predicted molar refractivity (Wildman–Crippen MR) is 108 cm³/mol. The number of halogens is 1. The first-order valence-electron chi connectivity index (χ1n) is 8.98. The number of piperidine rings is 1. The number of ketones is 1. The van der Waals surface area contributed by atoms with E-state index < -0.39 is 0 Å². The van der Waals surface area contributed by atoms with Gasteiger partial charge >= 0.3 is 0 Å². The number of Topliss-reactive ketones (excluding diaryl/α,β-unsaturated/α-hetero) is 1. The molecule has 0 aliphatic carbocycles. The summed E-state index contributed by atoms with van der Waals surface area (Å²) in [5, 5.41) is 4.82. The number of hydrogen-bond acceptors (Lipinski definition) is 2. The lowest BCUT2D eigenvalue weighted by Gasteiger charge is -2.25. The fourth-order valence-corrected chi connectivity index (χ4v) is 3.76. The summed E-state index contributed by atoms with van der Waals surface area (Å²) in [5.74, 6) is 0.260. The number of hydrogen-bond donors (Lipinski definition) is 0. The van der Waals surface area contributed by atoms with Crippen LogP contribution in [0.15, 0.2) is 54.6 Å². The molecule has 25 heavy (non-hydrogen) atoms. The van der Waals surface area contributed by atoms with E-state index in [1.165, 1.54) is 40.8 Å². The number of likely N-dealkylation sites (tertiary alicyclic amines) is 1. The predicted octanol–water partition coefficient (Wildman–Crippen LogP) is 5.47.